The van der Waals surface area contributed by atoms with E-state index in [4.69, 9.17) is 0 Å². The second kappa shape index (κ2) is 5.34. The molecular weight excluding hydrogens is 212 g/mol. The molecule has 0 amide bonds. The van der Waals surface area contributed by atoms with E-state index in [2.05, 4.69) is 48.0 Å². The Kier molecular flexibility index (Phi) is 4.32. The molecule has 1 N–H and O–H groups in total. The predicted molar refractivity (Wildman–Crippen MR) is 73.7 cm³/mol. The van der Waals surface area contributed by atoms with Gasteiger partial charge in [0, 0.05) is 30.9 Å². The highest BCUT2D eigenvalue weighted by atomic mass is 15.2. The van der Waals surface area contributed by atoms with Crippen molar-refractivity contribution in [3.05, 3.63) is 11.8 Å². The van der Waals surface area contributed by atoms with E-state index < -0.39 is 0 Å². The summed E-state index contributed by atoms with van der Waals surface area (Å²) in [4.78, 5) is 11.1. The number of nitrogens with zero attached hydrogens (tertiary/aromatic N) is 3. The number of rotatable bonds is 5. The quantitative estimate of drug-likeness (QED) is 0.853. The number of anilines is 2. The molecule has 0 spiro atoms. The average molecular weight is 236 g/mol. The van der Waals surface area contributed by atoms with E-state index in [0.29, 0.717) is 5.95 Å². The number of hydrogen-bond acceptors (Lipinski definition) is 4. The number of nitrogens with one attached hydrogen (secondary N) is 1. The van der Waals surface area contributed by atoms with E-state index in [0.717, 1.165) is 24.5 Å². The van der Waals surface area contributed by atoms with Crippen LogP contribution in [-0.2, 0) is 0 Å². The summed E-state index contributed by atoms with van der Waals surface area (Å²) >= 11 is 0. The lowest BCUT2D eigenvalue weighted by atomic mass is 10.00. The summed E-state index contributed by atoms with van der Waals surface area (Å²) in [6, 6.07) is 2.03. The fourth-order valence-electron chi connectivity index (χ4n) is 1.51. The number of hydrogen-bond donors (Lipinski definition) is 1. The first-order valence-electron chi connectivity index (χ1n) is 6.24. The van der Waals surface area contributed by atoms with Gasteiger partial charge in [0.2, 0.25) is 5.95 Å². The third-order valence-electron chi connectivity index (χ3n) is 3.29. The first kappa shape index (κ1) is 13.7. The normalized spacial score (nSPS) is 11.4. The molecule has 0 aromatic carbocycles. The fraction of sp³-hybridized carbons (Fsp3) is 0.692. The molecular formula is C13H24N4. The van der Waals surface area contributed by atoms with Gasteiger partial charge in [-0.1, -0.05) is 6.92 Å². The van der Waals surface area contributed by atoms with Crippen molar-refractivity contribution in [1.82, 2.24) is 9.97 Å². The lowest BCUT2D eigenvalue weighted by molar-refractivity contribution is 0.467. The molecule has 1 rings (SSSR count). The summed E-state index contributed by atoms with van der Waals surface area (Å²) in [6.45, 7) is 11.5. The van der Waals surface area contributed by atoms with Gasteiger partial charge in [0.05, 0.1) is 0 Å². The van der Waals surface area contributed by atoms with Crippen LogP contribution in [0.15, 0.2) is 6.07 Å². The van der Waals surface area contributed by atoms with Crippen molar-refractivity contribution in [3.8, 4) is 0 Å². The molecule has 17 heavy (non-hydrogen) atoms. The van der Waals surface area contributed by atoms with Crippen molar-refractivity contribution < 1.29 is 0 Å². The maximum Gasteiger partial charge on any atom is 0.224 e. The molecule has 0 aliphatic rings. The number of aromatic nitrogens is 2. The Labute approximate surface area is 104 Å². The first-order chi connectivity index (χ1) is 7.90. The summed E-state index contributed by atoms with van der Waals surface area (Å²) in [7, 11) is 2.08. The molecule has 0 saturated carbocycles. The molecule has 0 atom stereocenters. The Balaban J connectivity index is 3.05. The summed E-state index contributed by atoms with van der Waals surface area (Å²) in [5, 5.41) is 3.16. The van der Waals surface area contributed by atoms with Crippen molar-refractivity contribution in [3.63, 3.8) is 0 Å². The van der Waals surface area contributed by atoms with Gasteiger partial charge in [-0.2, -0.15) is 4.98 Å². The van der Waals surface area contributed by atoms with Gasteiger partial charge in [0.1, 0.15) is 5.82 Å². The maximum atomic E-state index is 4.54. The minimum Gasteiger partial charge on any atom is -0.354 e. The Morgan fingerprint density at radius 3 is 2.47 bits per heavy atom. The van der Waals surface area contributed by atoms with Gasteiger partial charge in [0.15, 0.2) is 0 Å². The standard InChI is InChI=1S/C13H24N4/c1-7-13(4,5)17(6)11-9-10(3)15-12(16-11)14-8-2/h9H,7-8H2,1-6H3,(H,14,15,16). The van der Waals surface area contributed by atoms with Crippen molar-refractivity contribution >= 4 is 11.8 Å². The van der Waals surface area contributed by atoms with Crippen LogP contribution in [0.2, 0.25) is 0 Å². The smallest absolute Gasteiger partial charge is 0.224 e. The topological polar surface area (TPSA) is 41.1 Å². The average Bonchev–Trinajstić information content (AvgIpc) is 2.27. The third-order valence-corrected chi connectivity index (χ3v) is 3.29. The van der Waals surface area contributed by atoms with Gasteiger partial charge in [-0.25, -0.2) is 4.98 Å². The van der Waals surface area contributed by atoms with E-state index >= 15 is 0 Å². The lowest BCUT2D eigenvalue weighted by Crippen LogP contribution is -2.41. The van der Waals surface area contributed by atoms with Crippen LogP contribution in [0, 0.1) is 6.92 Å². The third kappa shape index (κ3) is 3.32. The van der Waals surface area contributed by atoms with Crippen LogP contribution in [0.1, 0.15) is 39.8 Å². The molecule has 0 aliphatic carbocycles. The highest BCUT2D eigenvalue weighted by molar-refractivity contribution is 5.46. The lowest BCUT2D eigenvalue weighted by Gasteiger charge is -2.36. The highest BCUT2D eigenvalue weighted by Gasteiger charge is 2.22. The summed E-state index contributed by atoms with van der Waals surface area (Å²) < 4.78 is 0. The largest absolute Gasteiger partial charge is 0.354 e. The van der Waals surface area contributed by atoms with Gasteiger partial charge < -0.3 is 10.2 Å². The summed E-state index contributed by atoms with van der Waals surface area (Å²) in [6.07, 6.45) is 1.07. The zero-order chi connectivity index (χ0) is 13.1. The summed E-state index contributed by atoms with van der Waals surface area (Å²) in [5.41, 5.74) is 1.09. The first-order valence-corrected chi connectivity index (χ1v) is 6.24. The van der Waals surface area contributed by atoms with Crippen LogP contribution in [-0.4, -0.2) is 29.1 Å². The Morgan fingerprint density at radius 1 is 1.29 bits per heavy atom. The molecule has 0 saturated heterocycles. The van der Waals surface area contributed by atoms with Crippen molar-refractivity contribution in [2.24, 2.45) is 0 Å². The fourth-order valence-corrected chi connectivity index (χ4v) is 1.51. The van der Waals surface area contributed by atoms with Crippen molar-refractivity contribution in [1.29, 1.82) is 0 Å². The Bertz CT molecular complexity index is 374. The molecule has 1 aromatic heterocycles. The molecule has 1 heterocycles. The molecule has 0 radical (unpaired) electrons. The van der Waals surface area contributed by atoms with Crippen LogP contribution in [0.5, 0.6) is 0 Å². The van der Waals surface area contributed by atoms with Crippen molar-refractivity contribution in [2.75, 3.05) is 23.8 Å². The van der Waals surface area contributed by atoms with Crippen LogP contribution >= 0.6 is 0 Å². The highest BCUT2D eigenvalue weighted by Crippen LogP contribution is 2.24. The van der Waals surface area contributed by atoms with E-state index in [-0.39, 0.29) is 5.54 Å². The molecule has 4 heteroatoms. The zero-order valence-corrected chi connectivity index (χ0v) is 11.8. The van der Waals surface area contributed by atoms with E-state index in [1.54, 1.807) is 0 Å². The second-order valence-electron chi connectivity index (χ2n) is 4.95. The molecule has 96 valence electrons. The van der Waals surface area contributed by atoms with Crippen LogP contribution in [0.4, 0.5) is 11.8 Å². The maximum absolute atomic E-state index is 4.54. The predicted octanol–water partition coefficient (Wildman–Crippen LogP) is 2.84. The molecule has 4 nitrogen and oxygen atoms in total. The molecule has 0 bridgehead atoms. The van der Waals surface area contributed by atoms with Gasteiger partial charge in [-0.15, -0.1) is 0 Å². The number of aryl methyl sites for hydroxylation is 1. The molecule has 0 fully saturated rings. The Hall–Kier alpha value is -1.32. The van der Waals surface area contributed by atoms with Crippen LogP contribution in [0.3, 0.4) is 0 Å². The van der Waals surface area contributed by atoms with E-state index in [1.165, 1.54) is 0 Å². The van der Waals surface area contributed by atoms with Gasteiger partial charge in [-0.3, -0.25) is 0 Å². The van der Waals surface area contributed by atoms with E-state index in [9.17, 15) is 0 Å². The molecule has 1 aromatic rings. The minimum absolute atomic E-state index is 0.101. The van der Waals surface area contributed by atoms with E-state index in [1.807, 2.05) is 19.9 Å². The SMILES string of the molecule is CCNc1nc(C)cc(N(C)C(C)(C)CC)n1. The van der Waals surface area contributed by atoms with Crippen molar-refractivity contribution in [2.45, 2.75) is 46.6 Å². The zero-order valence-electron chi connectivity index (χ0n) is 11.8. The minimum atomic E-state index is 0.101. The van der Waals surface area contributed by atoms with Crippen LogP contribution < -0.4 is 10.2 Å². The van der Waals surface area contributed by atoms with Gasteiger partial charge in [0.25, 0.3) is 0 Å². The monoisotopic (exact) mass is 236 g/mol. The molecule has 0 unspecified atom stereocenters. The van der Waals surface area contributed by atoms with Gasteiger partial charge in [-0.05, 0) is 34.1 Å². The Morgan fingerprint density at radius 2 is 1.94 bits per heavy atom. The summed E-state index contributed by atoms with van der Waals surface area (Å²) in [5.74, 6) is 1.68. The van der Waals surface area contributed by atoms with Gasteiger partial charge >= 0.3 is 0 Å². The second-order valence-corrected chi connectivity index (χ2v) is 4.95. The molecule has 0 aliphatic heterocycles. The van der Waals surface area contributed by atoms with Crippen LogP contribution in [0.25, 0.3) is 0 Å².